The Hall–Kier alpha value is -2.41. The number of urea groups is 1. The van der Waals surface area contributed by atoms with E-state index in [0.29, 0.717) is 19.5 Å². The summed E-state index contributed by atoms with van der Waals surface area (Å²) in [6.07, 6.45) is 1.27. The molecule has 1 heterocycles. The molecule has 22 heavy (non-hydrogen) atoms. The molecule has 3 N–H and O–H groups in total. The Bertz CT molecular complexity index is 547. The van der Waals surface area contributed by atoms with E-state index in [4.69, 9.17) is 5.11 Å². The summed E-state index contributed by atoms with van der Waals surface area (Å²) in [6, 6.07) is 8.10. The average Bonchev–Trinajstić information content (AvgIpc) is 2.94. The SMILES string of the molecule is O=C(CN1CCCC1C(=O)O)NC(=O)NCc1ccccc1. The first kappa shape index (κ1) is 16.0. The summed E-state index contributed by atoms with van der Waals surface area (Å²) in [6.45, 7) is 0.785. The van der Waals surface area contributed by atoms with E-state index in [1.54, 1.807) is 4.90 Å². The zero-order valence-electron chi connectivity index (χ0n) is 12.1. The summed E-state index contributed by atoms with van der Waals surface area (Å²) in [5, 5.41) is 13.8. The Morgan fingerprint density at radius 1 is 1.23 bits per heavy atom. The Kier molecular flexibility index (Phi) is 5.48. The fourth-order valence-corrected chi connectivity index (χ4v) is 2.47. The van der Waals surface area contributed by atoms with Crippen LogP contribution < -0.4 is 10.6 Å². The molecule has 3 amide bonds. The smallest absolute Gasteiger partial charge is 0.321 e. The van der Waals surface area contributed by atoms with Gasteiger partial charge in [0, 0.05) is 6.54 Å². The van der Waals surface area contributed by atoms with Gasteiger partial charge in [0.05, 0.1) is 6.54 Å². The third-order valence-electron chi connectivity index (χ3n) is 3.54. The van der Waals surface area contributed by atoms with Gasteiger partial charge in [0.25, 0.3) is 0 Å². The molecule has 1 aromatic carbocycles. The Morgan fingerprint density at radius 2 is 1.95 bits per heavy atom. The van der Waals surface area contributed by atoms with E-state index in [1.165, 1.54) is 0 Å². The first-order valence-electron chi connectivity index (χ1n) is 7.14. The van der Waals surface area contributed by atoms with E-state index in [0.717, 1.165) is 12.0 Å². The quantitative estimate of drug-likeness (QED) is 0.738. The highest BCUT2D eigenvalue weighted by atomic mass is 16.4. The number of likely N-dealkylation sites (tertiary alicyclic amines) is 1. The summed E-state index contributed by atoms with van der Waals surface area (Å²) >= 11 is 0. The number of carboxylic acid groups (broad SMARTS) is 1. The number of nitrogens with zero attached hydrogens (tertiary/aromatic N) is 1. The van der Waals surface area contributed by atoms with Gasteiger partial charge in [-0.3, -0.25) is 19.8 Å². The lowest BCUT2D eigenvalue weighted by molar-refractivity contribution is -0.142. The van der Waals surface area contributed by atoms with Gasteiger partial charge in [-0.2, -0.15) is 0 Å². The molecular formula is C15H19N3O4. The minimum atomic E-state index is -0.932. The molecule has 7 nitrogen and oxygen atoms in total. The molecule has 1 aliphatic rings. The van der Waals surface area contributed by atoms with Crippen molar-refractivity contribution in [1.82, 2.24) is 15.5 Å². The van der Waals surface area contributed by atoms with Crippen LogP contribution in [0.1, 0.15) is 18.4 Å². The first-order chi connectivity index (χ1) is 10.6. The standard InChI is InChI=1S/C15H19N3O4/c19-13(10-18-8-4-7-12(18)14(20)21)17-15(22)16-9-11-5-2-1-3-6-11/h1-3,5-6,12H,4,7-10H2,(H,20,21)(H2,16,17,19,22). The maximum absolute atomic E-state index is 11.8. The van der Waals surface area contributed by atoms with Crippen molar-refractivity contribution < 1.29 is 19.5 Å². The van der Waals surface area contributed by atoms with Crippen LogP contribution >= 0.6 is 0 Å². The molecule has 7 heteroatoms. The minimum Gasteiger partial charge on any atom is -0.480 e. The normalized spacial score (nSPS) is 17.9. The van der Waals surface area contributed by atoms with Crippen molar-refractivity contribution in [2.45, 2.75) is 25.4 Å². The second kappa shape index (κ2) is 7.56. The van der Waals surface area contributed by atoms with E-state index in [2.05, 4.69) is 10.6 Å². The molecule has 1 aliphatic heterocycles. The highest BCUT2D eigenvalue weighted by Gasteiger charge is 2.31. The molecular weight excluding hydrogens is 286 g/mol. The van der Waals surface area contributed by atoms with Gasteiger partial charge in [-0.25, -0.2) is 4.79 Å². The Labute approximate surface area is 128 Å². The fraction of sp³-hybridized carbons (Fsp3) is 0.400. The number of nitrogens with one attached hydrogen (secondary N) is 2. The highest BCUT2D eigenvalue weighted by Crippen LogP contribution is 2.16. The topological polar surface area (TPSA) is 98.7 Å². The van der Waals surface area contributed by atoms with Gasteiger partial charge < -0.3 is 10.4 Å². The molecule has 1 aromatic rings. The third-order valence-corrected chi connectivity index (χ3v) is 3.54. The van der Waals surface area contributed by atoms with Gasteiger partial charge in [0.2, 0.25) is 5.91 Å². The summed E-state index contributed by atoms with van der Waals surface area (Å²) in [7, 11) is 0. The zero-order chi connectivity index (χ0) is 15.9. The molecule has 0 bridgehead atoms. The van der Waals surface area contributed by atoms with Crippen LogP contribution in [-0.4, -0.2) is 47.0 Å². The molecule has 118 valence electrons. The number of imide groups is 1. The van der Waals surface area contributed by atoms with Crippen molar-refractivity contribution >= 4 is 17.9 Å². The van der Waals surface area contributed by atoms with E-state index in [9.17, 15) is 14.4 Å². The van der Waals surface area contributed by atoms with Crippen LogP contribution in [0.5, 0.6) is 0 Å². The average molecular weight is 305 g/mol. The van der Waals surface area contributed by atoms with Crippen molar-refractivity contribution in [3.63, 3.8) is 0 Å². The summed E-state index contributed by atoms with van der Waals surface area (Å²) in [5.74, 6) is -1.43. The van der Waals surface area contributed by atoms with Crippen LogP contribution in [0, 0.1) is 0 Å². The van der Waals surface area contributed by atoms with Gasteiger partial charge in [0.15, 0.2) is 0 Å². The number of rotatable bonds is 5. The molecule has 1 fully saturated rings. The second-order valence-electron chi connectivity index (χ2n) is 5.18. The molecule has 1 saturated heterocycles. The molecule has 1 atom stereocenters. The Balaban J connectivity index is 1.74. The monoisotopic (exact) mass is 305 g/mol. The molecule has 0 radical (unpaired) electrons. The van der Waals surface area contributed by atoms with E-state index < -0.39 is 23.9 Å². The fourth-order valence-electron chi connectivity index (χ4n) is 2.47. The van der Waals surface area contributed by atoms with Crippen LogP contribution in [0.25, 0.3) is 0 Å². The number of hydrogen-bond acceptors (Lipinski definition) is 4. The van der Waals surface area contributed by atoms with Crippen molar-refractivity contribution in [3.05, 3.63) is 35.9 Å². The van der Waals surface area contributed by atoms with Crippen molar-refractivity contribution in [3.8, 4) is 0 Å². The molecule has 0 spiro atoms. The van der Waals surface area contributed by atoms with Crippen molar-refractivity contribution in [2.75, 3.05) is 13.1 Å². The number of hydrogen-bond donors (Lipinski definition) is 3. The van der Waals surface area contributed by atoms with Gasteiger partial charge >= 0.3 is 12.0 Å². The molecule has 0 aromatic heterocycles. The summed E-state index contributed by atoms with van der Waals surface area (Å²) in [4.78, 5) is 36.0. The van der Waals surface area contributed by atoms with Gasteiger partial charge in [-0.1, -0.05) is 30.3 Å². The molecule has 0 aliphatic carbocycles. The number of carbonyl (C=O) groups is 3. The number of amides is 3. The van der Waals surface area contributed by atoms with E-state index in [-0.39, 0.29) is 6.54 Å². The summed E-state index contributed by atoms with van der Waals surface area (Å²) < 4.78 is 0. The number of benzene rings is 1. The van der Waals surface area contributed by atoms with E-state index in [1.807, 2.05) is 30.3 Å². The zero-order valence-corrected chi connectivity index (χ0v) is 12.1. The minimum absolute atomic E-state index is 0.0876. The van der Waals surface area contributed by atoms with Gasteiger partial charge in [-0.05, 0) is 24.9 Å². The Morgan fingerprint density at radius 3 is 2.64 bits per heavy atom. The summed E-state index contributed by atoms with van der Waals surface area (Å²) in [5.41, 5.74) is 0.926. The first-order valence-corrected chi connectivity index (χ1v) is 7.14. The lowest BCUT2D eigenvalue weighted by atomic mass is 10.2. The number of carboxylic acids is 1. The molecule has 0 saturated carbocycles. The number of aliphatic carboxylic acids is 1. The van der Waals surface area contributed by atoms with Gasteiger partial charge in [-0.15, -0.1) is 0 Å². The lowest BCUT2D eigenvalue weighted by Gasteiger charge is -2.19. The number of carbonyl (C=O) groups excluding carboxylic acids is 2. The predicted molar refractivity (Wildman–Crippen MR) is 79.1 cm³/mol. The maximum atomic E-state index is 11.8. The lowest BCUT2D eigenvalue weighted by Crippen LogP contribution is -2.46. The molecule has 1 unspecified atom stereocenters. The van der Waals surface area contributed by atoms with Crippen molar-refractivity contribution in [2.24, 2.45) is 0 Å². The van der Waals surface area contributed by atoms with Crippen LogP contribution in [0.3, 0.4) is 0 Å². The van der Waals surface area contributed by atoms with Crippen molar-refractivity contribution in [1.29, 1.82) is 0 Å². The third kappa shape index (κ3) is 4.56. The molecule has 2 rings (SSSR count). The van der Waals surface area contributed by atoms with Crippen LogP contribution in [0.4, 0.5) is 4.79 Å². The van der Waals surface area contributed by atoms with Crippen LogP contribution in [-0.2, 0) is 16.1 Å². The predicted octanol–water partition coefficient (Wildman–Crippen LogP) is 0.561. The van der Waals surface area contributed by atoms with Crippen LogP contribution in [0.2, 0.25) is 0 Å². The second-order valence-corrected chi connectivity index (χ2v) is 5.18. The van der Waals surface area contributed by atoms with E-state index >= 15 is 0 Å². The van der Waals surface area contributed by atoms with Crippen LogP contribution in [0.15, 0.2) is 30.3 Å². The maximum Gasteiger partial charge on any atom is 0.321 e. The largest absolute Gasteiger partial charge is 0.480 e. The van der Waals surface area contributed by atoms with Gasteiger partial charge in [0.1, 0.15) is 6.04 Å². The highest BCUT2D eigenvalue weighted by molar-refractivity contribution is 5.95.